The average molecular weight is 378 g/mol. The van der Waals surface area contributed by atoms with Crippen LogP contribution in [-0.2, 0) is 11.4 Å². The number of nitrogens with zero attached hydrogens (tertiary/aromatic N) is 1. The second-order valence-corrected chi connectivity index (χ2v) is 7.35. The Labute approximate surface area is 163 Å². The smallest absolute Gasteiger partial charge is 0.248 e. The van der Waals surface area contributed by atoms with E-state index in [0.717, 1.165) is 38.8 Å². The molecule has 0 aliphatic rings. The van der Waals surface area contributed by atoms with Crippen molar-refractivity contribution in [2.24, 2.45) is 0 Å². The Morgan fingerprint density at radius 2 is 2.00 bits per heavy atom. The zero-order valence-electron chi connectivity index (χ0n) is 15.7. The van der Waals surface area contributed by atoms with Gasteiger partial charge in [-0.25, -0.2) is 4.98 Å². The highest BCUT2D eigenvalue weighted by Gasteiger charge is 2.04. The van der Waals surface area contributed by atoms with Crippen LogP contribution in [0.5, 0.6) is 5.75 Å². The first-order chi connectivity index (χ1) is 13.0. The van der Waals surface area contributed by atoms with E-state index >= 15 is 0 Å². The number of aryl methyl sites for hydroxylation is 2. The highest BCUT2D eigenvalue weighted by Crippen LogP contribution is 2.19. The molecule has 5 heteroatoms. The number of rotatable bonds is 6. The van der Waals surface area contributed by atoms with Crippen LogP contribution in [-0.4, -0.2) is 10.9 Å². The van der Waals surface area contributed by atoms with Gasteiger partial charge < -0.3 is 10.1 Å². The molecule has 0 fully saturated rings. The minimum absolute atomic E-state index is 0.159. The molecule has 0 aliphatic carbocycles. The van der Waals surface area contributed by atoms with E-state index in [1.807, 2.05) is 68.6 Å². The van der Waals surface area contributed by atoms with Crippen LogP contribution in [0.1, 0.15) is 27.4 Å². The molecule has 1 heterocycles. The van der Waals surface area contributed by atoms with Crippen molar-refractivity contribution in [3.8, 4) is 5.75 Å². The van der Waals surface area contributed by atoms with Gasteiger partial charge in [-0.3, -0.25) is 4.79 Å². The standard InChI is InChI=1S/C22H22N2O2S/c1-15-6-4-9-21(16(15)2)24-22(25)11-10-18-7-5-8-20(12-18)26-13-19-14-27-17(3)23-19/h4-12,14H,13H2,1-3H3,(H,24,25)/b11-10+. The van der Waals surface area contributed by atoms with Crippen LogP contribution in [0.25, 0.3) is 6.08 Å². The Balaban J connectivity index is 1.61. The van der Waals surface area contributed by atoms with Gasteiger partial charge in [-0.05, 0) is 61.7 Å². The SMILES string of the molecule is Cc1nc(COc2cccc(/C=C/C(=O)Nc3cccc(C)c3C)c2)cs1. The number of ether oxygens (including phenoxy) is 1. The van der Waals surface area contributed by atoms with Crippen LogP contribution < -0.4 is 10.1 Å². The van der Waals surface area contributed by atoms with Crippen molar-refractivity contribution in [1.29, 1.82) is 0 Å². The number of thiazole rings is 1. The van der Waals surface area contributed by atoms with Gasteiger partial charge in [0.1, 0.15) is 12.4 Å². The first-order valence-corrected chi connectivity index (χ1v) is 9.58. The molecule has 0 radical (unpaired) electrons. The van der Waals surface area contributed by atoms with Crippen molar-refractivity contribution in [3.63, 3.8) is 0 Å². The number of hydrogen-bond donors (Lipinski definition) is 1. The van der Waals surface area contributed by atoms with Crippen molar-refractivity contribution in [2.45, 2.75) is 27.4 Å². The molecule has 1 N–H and O–H groups in total. The molecule has 0 spiro atoms. The largest absolute Gasteiger partial charge is 0.487 e. The molecular weight excluding hydrogens is 356 g/mol. The molecule has 2 aromatic carbocycles. The number of benzene rings is 2. The maximum atomic E-state index is 12.2. The lowest BCUT2D eigenvalue weighted by Gasteiger charge is -2.08. The summed E-state index contributed by atoms with van der Waals surface area (Å²) in [4.78, 5) is 16.6. The molecule has 0 atom stereocenters. The first-order valence-electron chi connectivity index (χ1n) is 8.70. The summed E-state index contributed by atoms with van der Waals surface area (Å²) < 4.78 is 5.79. The zero-order valence-corrected chi connectivity index (χ0v) is 16.5. The number of hydrogen-bond acceptors (Lipinski definition) is 4. The van der Waals surface area contributed by atoms with Crippen LogP contribution in [0.3, 0.4) is 0 Å². The molecular formula is C22H22N2O2S. The van der Waals surface area contributed by atoms with E-state index in [-0.39, 0.29) is 5.91 Å². The number of carbonyl (C=O) groups is 1. The predicted molar refractivity (Wildman–Crippen MR) is 111 cm³/mol. The van der Waals surface area contributed by atoms with E-state index in [0.29, 0.717) is 6.61 Å². The molecule has 27 heavy (non-hydrogen) atoms. The minimum Gasteiger partial charge on any atom is -0.487 e. The summed E-state index contributed by atoms with van der Waals surface area (Å²) in [6, 6.07) is 13.5. The predicted octanol–water partition coefficient (Wildman–Crippen LogP) is 5.30. The second-order valence-electron chi connectivity index (χ2n) is 6.29. The third kappa shape index (κ3) is 5.28. The summed E-state index contributed by atoms with van der Waals surface area (Å²) in [5, 5.41) is 5.95. The van der Waals surface area contributed by atoms with Gasteiger partial charge in [-0.15, -0.1) is 11.3 Å². The summed E-state index contributed by atoms with van der Waals surface area (Å²) in [5.41, 5.74) is 4.88. The fourth-order valence-electron chi connectivity index (χ4n) is 2.57. The highest BCUT2D eigenvalue weighted by molar-refractivity contribution is 7.09. The van der Waals surface area contributed by atoms with Crippen molar-refractivity contribution in [1.82, 2.24) is 4.98 Å². The maximum absolute atomic E-state index is 12.2. The van der Waals surface area contributed by atoms with E-state index in [1.165, 1.54) is 6.08 Å². The number of amides is 1. The summed E-state index contributed by atoms with van der Waals surface area (Å²) in [7, 11) is 0. The number of aromatic nitrogens is 1. The van der Waals surface area contributed by atoms with E-state index < -0.39 is 0 Å². The lowest BCUT2D eigenvalue weighted by atomic mass is 10.1. The van der Waals surface area contributed by atoms with E-state index in [9.17, 15) is 4.79 Å². The molecule has 0 aliphatic heterocycles. The molecule has 0 bridgehead atoms. The van der Waals surface area contributed by atoms with Crippen molar-refractivity contribution in [3.05, 3.63) is 81.3 Å². The summed E-state index contributed by atoms with van der Waals surface area (Å²) in [6.45, 7) is 6.44. The highest BCUT2D eigenvalue weighted by atomic mass is 32.1. The topological polar surface area (TPSA) is 51.2 Å². The van der Waals surface area contributed by atoms with Gasteiger partial charge in [0, 0.05) is 17.1 Å². The molecule has 0 unspecified atom stereocenters. The quantitative estimate of drug-likeness (QED) is 0.592. The van der Waals surface area contributed by atoms with Crippen LogP contribution in [0.15, 0.2) is 53.9 Å². The molecule has 1 aromatic heterocycles. The van der Waals surface area contributed by atoms with Gasteiger partial charge in [0.2, 0.25) is 5.91 Å². The Morgan fingerprint density at radius 3 is 2.78 bits per heavy atom. The minimum atomic E-state index is -0.159. The van der Waals surface area contributed by atoms with E-state index in [2.05, 4.69) is 10.3 Å². The van der Waals surface area contributed by atoms with Gasteiger partial charge in [0.05, 0.1) is 10.7 Å². The third-order valence-corrected chi connectivity index (χ3v) is 5.02. The van der Waals surface area contributed by atoms with Crippen LogP contribution >= 0.6 is 11.3 Å². The fraction of sp³-hybridized carbons (Fsp3) is 0.182. The number of carbonyl (C=O) groups excluding carboxylic acids is 1. The van der Waals surface area contributed by atoms with Crippen LogP contribution in [0.4, 0.5) is 5.69 Å². The summed E-state index contributed by atoms with van der Waals surface area (Å²) >= 11 is 1.61. The van der Waals surface area contributed by atoms with E-state index in [1.54, 1.807) is 17.4 Å². The van der Waals surface area contributed by atoms with Crippen LogP contribution in [0.2, 0.25) is 0 Å². The fourth-order valence-corrected chi connectivity index (χ4v) is 3.17. The zero-order chi connectivity index (χ0) is 19.2. The molecule has 0 saturated heterocycles. The Hall–Kier alpha value is -2.92. The van der Waals surface area contributed by atoms with Crippen LogP contribution in [0, 0.1) is 20.8 Å². The number of nitrogens with one attached hydrogen (secondary N) is 1. The molecule has 0 saturated carbocycles. The second kappa shape index (κ2) is 8.64. The van der Waals surface area contributed by atoms with Crippen molar-refractivity contribution in [2.75, 3.05) is 5.32 Å². The Kier molecular flexibility index (Phi) is 6.04. The van der Waals surface area contributed by atoms with Gasteiger partial charge in [0.25, 0.3) is 0 Å². The molecule has 1 amide bonds. The van der Waals surface area contributed by atoms with E-state index in [4.69, 9.17) is 4.74 Å². The Morgan fingerprint density at radius 1 is 1.19 bits per heavy atom. The average Bonchev–Trinajstić information content (AvgIpc) is 3.08. The molecule has 3 rings (SSSR count). The third-order valence-electron chi connectivity index (χ3n) is 4.20. The van der Waals surface area contributed by atoms with Crippen molar-refractivity contribution >= 4 is 29.0 Å². The molecule has 3 aromatic rings. The number of anilines is 1. The molecule has 138 valence electrons. The lowest BCUT2D eigenvalue weighted by molar-refractivity contribution is -0.111. The van der Waals surface area contributed by atoms with Gasteiger partial charge >= 0.3 is 0 Å². The van der Waals surface area contributed by atoms with Gasteiger partial charge in [-0.2, -0.15) is 0 Å². The van der Waals surface area contributed by atoms with Crippen molar-refractivity contribution < 1.29 is 9.53 Å². The maximum Gasteiger partial charge on any atom is 0.248 e. The monoisotopic (exact) mass is 378 g/mol. The summed E-state index contributed by atoms with van der Waals surface area (Å²) in [6.07, 6.45) is 3.31. The normalized spacial score (nSPS) is 10.9. The van der Waals surface area contributed by atoms with Gasteiger partial charge in [0.15, 0.2) is 0 Å². The van der Waals surface area contributed by atoms with Gasteiger partial charge in [-0.1, -0.05) is 24.3 Å². The lowest BCUT2D eigenvalue weighted by Crippen LogP contribution is -2.09. The first kappa shape index (κ1) is 18.9. The molecule has 4 nitrogen and oxygen atoms in total. The summed E-state index contributed by atoms with van der Waals surface area (Å²) in [5.74, 6) is 0.589. The Bertz CT molecular complexity index is 976.